The number of hydrogen-bond donors (Lipinski definition) is 0. The van der Waals surface area contributed by atoms with Gasteiger partial charge in [0.05, 0.1) is 32.0 Å². The number of carbonyl (C=O) groups excluding carboxylic acids is 3. The lowest BCUT2D eigenvalue weighted by Crippen LogP contribution is -2.50. The molecular formula is C16H16O5. The van der Waals surface area contributed by atoms with E-state index in [4.69, 9.17) is 9.47 Å². The molecule has 0 unspecified atom stereocenters. The number of hydrogen-bond acceptors (Lipinski definition) is 5. The van der Waals surface area contributed by atoms with Gasteiger partial charge >= 0.3 is 11.9 Å². The fraction of sp³-hybridized carbons (Fsp3) is 0.438. The van der Waals surface area contributed by atoms with Gasteiger partial charge in [0, 0.05) is 12.3 Å². The van der Waals surface area contributed by atoms with Crippen LogP contribution >= 0.6 is 0 Å². The molecule has 4 atom stereocenters. The third-order valence-corrected chi connectivity index (χ3v) is 4.62. The van der Waals surface area contributed by atoms with Crippen LogP contribution in [0.2, 0.25) is 0 Å². The van der Waals surface area contributed by atoms with Gasteiger partial charge in [0.2, 0.25) is 0 Å². The number of ether oxygens (including phenoxy) is 2. The zero-order valence-electron chi connectivity index (χ0n) is 11.9. The maximum Gasteiger partial charge on any atom is 0.310 e. The summed E-state index contributed by atoms with van der Waals surface area (Å²) in [5.41, 5.74) is 1.81. The quantitative estimate of drug-likeness (QED) is 0.770. The summed E-state index contributed by atoms with van der Waals surface area (Å²) >= 11 is 0. The normalized spacial score (nSPS) is 29.7. The van der Waals surface area contributed by atoms with Gasteiger partial charge in [-0.1, -0.05) is 24.3 Å². The first-order chi connectivity index (χ1) is 10.1. The Morgan fingerprint density at radius 3 is 2.19 bits per heavy atom. The fourth-order valence-electron chi connectivity index (χ4n) is 3.80. The van der Waals surface area contributed by atoms with Crippen LogP contribution in [-0.4, -0.2) is 31.9 Å². The highest BCUT2D eigenvalue weighted by atomic mass is 16.5. The number of rotatable bonds is 2. The molecule has 0 N–H and O–H groups in total. The first kappa shape index (κ1) is 13.8. The molecule has 2 bridgehead atoms. The molecule has 21 heavy (non-hydrogen) atoms. The zero-order valence-corrected chi connectivity index (χ0v) is 11.9. The molecule has 3 aliphatic carbocycles. The van der Waals surface area contributed by atoms with E-state index in [-0.39, 0.29) is 18.1 Å². The molecule has 0 amide bonds. The van der Waals surface area contributed by atoms with E-state index in [1.807, 2.05) is 24.3 Å². The molecule has 1 aromatic rings. The molecule has 0 aliphatic heterocycles. The number of Topliss-reactive ketones (excluding diaryl/α,β-unsaturated/α-hetero) is 1. The summed E-state index contributed by atoms with van der Waals surface area (Å²) in [6.45, 7) is 0. The molecule has 0 radical (unpaired) electrons. The van der Waals surface area contributed by atoms with Crippen molar-refractivity contribution in [3.05, 3.63) is 35.4 Å². The van der Waals surface area contributed by atoms with Crippen LogP contribution in [0.4, 0.5) is 0 Å². The highest BCUT2D eigenvalue weighted by Gasteiger charge is 2.57. The Morgan fingerprint density at radius 2 is 1.57 bits per heavy atom. The van der Waals surface area contributed by atoms with Crippen molar-refractivity contribution < 1.29 is 23.9 Å². The smallest absolute Gasteiger partial charge is 0.310 e. The Labute approximate surface area is 122 Å². The summed E-state index contributed by atoms with van der Waals surface area (Å²) in [5, 5.41) is 0. The summed E-state index contributed by atoms with van der Waals surface area (Å²) in [4.78, 5) is 36.7. The Hall–Kier alpha value is -2.17. The average Bonchev–Trinajstić information content (AvgIpc) is 2.52. The molecule has 0 aromatic heterocycles. The van der Waals surface area contributed by atoms with Gasteiger partial charge in [-0.25, -0.2) is 0 Å². The van der Waals surface area contributed by atoms with Crippen LogP contribution in [0.3, 0.4) is 0 Å². The SMILES string of the molecule is COC(=O)[C@@H]1[C@@H](C(=O)OC)[C@H]2CC(=O)[C@@H]1c1ccccc12. The van der Waals surface area contributed by atoms with Crippen molar-refractivity contribution in [3.8, 4) is 0 Å². The predicted molar refractivity (Wildman–Crippen MR) is 72.6 cm³/mol. The van der Waals surface area contributed by atoms with Crippen molar-refractivity contribution in [3.63, 3.8) is 0 Å². The maximum absolute atomic E-state index is 12.3. The van der Waals surface area contributed by atoms with Gasteiger partial charge in [-0.15, -0.1) is 0 Å². The Morgan fingerprint density at radius 1 is 1.00 bits per heavy atom. The zero-order chi connectivity index (χ0) is 15.1. The lowest BCUT2D eigenvalue weighted by atomic mass is 9.55. The molecule has 5 heteroatoms. The predicted octanol–water partition coefficient (Wildman–Crippen LogP) is 1.42. The van der Waals surface area contributed by atoms with Crippen LogP contribution in [0.15, 0.2) is 24.3 Å². The van der Waals surface area contributed by atoms with Gasteiger partial charge in [-0.2, -0.15) is 0 Å². The first-order valence-corrected chi connectivity index (χ1v) is 6.87. The first-order valence-electron chi connectivity index (χ1n) is 6.87. The minimum Gasteiger partial charge on any atom is -0.469 e. The van der Waals surface area contributed by atoms with E-state index in [9.17, 15) is 14.4 Å². The average molecular weight is 288 g/mol. The van der Waals surface area contributed by atoms with E-state index in [1.54, 1.807) is 0 Å². The summed E-state index contributed by atoms with van der Waals surface area (Å²) in [7, 11) is 2.57. The monoisotopic (exact) mass is 288 g/mol. The molecule has 1 aromatic carbocycles. The molecule has 1 fully saturated rings. The van der Waals surface area contributed by atoms with Crippen molar-refractivity contribution in [2.45, 2.75) is 18.3 Å². The standard InChI is InChI=1S/C16H16O5/c1-20-15(18)13-10-7-11(17)12(14(13)16(19)21-2)9-6-4-3-5-8(9)10/h3-6,10,12-14H,7H2,1-2H3/t10-,12-,13-,14-/m0/s1. The summed E-state index contributed by atoms with van der Waals surface area (Å²) in [6, 6.07) is 7.50. The third-order valence-electron chi connectivity index (χ3n) is 4.62. The van der Waals surface area contributed by atoms with E-state index in [0.29, 0.717) is 0 Å². The van der Waals surface area contributed by atoms with Gasteiger partial charge < -0.3 is 9.47 Å². The Balaban J connectivity index is 2.17. The van der Waals surface area contributed by atoms with Crippen molar-refractivity contribution in [2.75, 3.05) is 14.2 Å². The maximum atomic E-state index is 12.3. The number of benzene rings is 1. The van der Waals surface area contributed by atoms with Crippen LogP contribution in [-0.2, 0) is 23.9 Å². The Bertz CT molecular complexity index is 621. The summed E-state index contributed by atoms with van der Waals surface area (Å²) in [6.07, 6.45) is 0.273. The third kappa shape index (κ3) is 1.87. The van der Waals surface area contributed by atoms with Crippen LogP contribution < -0.4 is 0 Å². The second-order valence-corrected chi connectivity index (χ2v) is 5.48. The number of methoxy groups -OCH3 is 2. The van der Waals surface area contributed by atoms with Crippen LogP contribution in [0.1, 0.15) is 29.4 Å². The van der Waals surface area contributed by atoms with Gasteiger partial charge in [0.1, 0.15) is 5.78 Å². The highest BCUT2D eigenvalue weighted by Crippen LogP contribution is 2.54. The van der Waals surface area contributed by atoms with Gasteiger partial charge in [-0.3, -0.25) is 14.4 Å². The highest BCUT2D eigenvalue weighted by molar-refractivity contribution is 5.99. The molecule has 3 aliphatic rings. The van der Waals surface area contributed by atoms with E-state index in [0.717, 1.165) is 11.1 Å². The molecule has 0 heterocycles. The van der Waals surface area contributed by atoms with Gasteiger partial charge in [-0.05, 0) is 11.1 Å². The van der Waals surface area contributed by atoms with Gasteiger partial charge in [0.25, 0.3) is 0 Å². The summed E-state index contributed by atoms with van der Waals surface area (Å²) < 4.78 is 9.69. The number of ketones is 1. The number of esters is 2. The summed E-state index contributed by atoms with van der Waals surface area (Å²) in [5.74, 6) is -3.35. The molecular weight excluding hydrogens is 272 g/mol. The minimum absolute atomic E-state index is 0.00532. The fourth-order valence-corrected chi connectivity index (χ4v) is 3.80. The molecule has 5 nitrogen and oxygen atoms in total. The van der Waals surface area contributed by atoms with Crippen molar-refractivity contribution in [2.24, 2.45) is 11.8 Å². The lowest BCUT2D eigenvalue weighted by molar-refractivity contribution is -0.164. The lowest BCUT2D eigenvalue weighted by Gasteiger charge is -2.45. The molecule has 0 spiro atoms. The van der Waals surface area contributed by atoms with E-state index < -0.39 is 29.7 Å². The Kier molecular flexibility index (Phi) is 3.27. The van der Waals surface area contributed by atoms with Crippen molar-refractivity contribution in [1.29, 1.82) is 0 Å². The van der Waals surface area contributed by atoms with Crippen molar-refractivity contribution >= 4 is 17.7 Å². The molecule has 4 rings (SSSR count). The molecule has 1 saturated carbocycles. The van der Waals surface area contributed by atoms with Crippen molar-refractivity contribution in [1.82, 2.24) is 0 Å². The second kappa shape index (κ2) is 4.98. The minimum atomic E-state index is -0.788. The second-order valence-electron chi connectivity index (χ2n) is 5.48. The van der Waals surface area contributed by atoms with Crippen LogP contribution in [0.25, 0.3) is 0 Å². The van der Waals surface area contributed by atoms with E-state index in [2.05, 4.69) is 0 Å². The number of fused-ring (bicyclic) bond motifs is 2. The number of carbonyl (C=O) groups is 3. The molecule has 0 saturated heterocycles. The van der Waals surface area contributed by atoms with Crippen LogP contribution in [0.5, 0.6) is 0 Å². The van der Waals surface area contributed by atoms with E-state index >= 15 is 0 Å². The largest absolute Gasteiger partial charge is 0.469 e. The van der Waals surface area contributed by atoms with E-state index in [1.165, 1.54) is 14.2 Å². The molecule has 110 valence electrons. The van der Waals surface area contributed by atoms with Crippen LogP contribution in [0, 0.1) is 11.8 Å². The topological polar surface area (TPSA) is 69.7 Å². The van der Waals surface area contributed by atoms with Gasteiger partial charge in [0.15, 0.2) is 0 Å².